The average molecular weight is 238 g/mol. The maximum atomic E-state index is 9.18. The Morgan fingerprint density at radius 1 is 0.944 bits per heavy atom. The van der Waals surface area contributed by atoms with Gasteiger partial charge in [0.05, 0.1) is 6.20 Å². The second kappa shape index (κ2) is 4.29. The second-order valence-corrected chi connectivity index (χ2v) is 3.75. The molecule has 5 heteroatoms. The Morgan fingerprint density at radius 3 is 2.50 bits per heavy atom. The molecule has 2 aromatic heterocycles. The molecular formula is C13H10N4O. The number of aromatic nitrogens is 4. The predicted octanol–water partition coefficient (Wildman–Crippen LogP) is 2.03. The standard InChI is InChI=1S/C13H10N4O/c18-11-6-7-12(14-8-11)17-9-15-13(16-17)10-4-2-1-3-5-10/h1-9,18H. The van der Waals surface area contributed by atoms with Crippen LogP contribution in [0.1, 0.15) is 0 Å². The van der Waals surface area contributed by atoms with E-state index in [9.17, 15) is 5.11 Å². The Morgan fingerprint density at radius 2 is 1.78 bits per heavy atom. The van der Waals surface area contributed by atoms with Crippen molar-refractivity contribution >= 4 is 0 Å². The van der Waals surface area contributed by atoms with Crippen LogP contribution in [0.3, 0.4) is 0 Å². The summed E-state index contributed by atoms with van der Waals surface area (Å²) < 4.78 is 1.57. The van der Waals surface area contributed by atoms with E-state index in [1.54, 1.807) is 23.1 Å². The minimum absolute atomic E-state index is 0.127. The first-order valence-corrected chi connectivity index (χ1v) is 5.45. The fraction of sp³-hybridized carbons (Fsp3) is 0. The van der Waals surface area contributed by atoms with Crippen LogP contribution in [0.5, 0.6) is 5.75 Å². The van der Waals surface area contributed by atoms with E-state index in [1.165, 1.54) is 6.20 Å². The maximum Gasteiger partial charge on any atom is 0.181 e. The van der Waals surface area contributed by atoms with E-state index in [1.807, 2.05) is 30.3 Å². The third-order valence-electron chi connectivity index (χ3n) is 2.49. The van der Waals surface area contributed by atoms with Crippen molar-refractivity contribution in [3.8, 4) is 23.0 Å². The van der Waals surface area contributed by atoms with Crippen molar-refractivity contribution in [1.29, 1.82) is 0 Å². The van der Waals surface area contributed by atoms with Gasteiger partial charge in [0, 0.05) is 5.56 Å². The van der Waals surface area contributed by atoms with Gasteiger partial charge in [0.2, 0.25) is 0 Å². The normalized spacial score (nSPS) is 10.4. The first-order chi connectivity index (χ1) is 8.83. The molecule has 0 saturated heterocycles. The number of hydrogen-bond acceptors (Lipinski definition) is 4. The molecule has 0 fully saturated rings. The molecule has 0 spiro atoms. The number of nitrogens with zero attached hydrogens (tertiary/aromatic N) is 4. The van der Waals surface area contributed by atoms with Gasteiger partial charge >= 0.3 is 0 Å². The predicted molar refractivity (Wildman–Crippen MR) is 66.3 cm³/mol. The van der Waals surface area contributed by atoms with Crippen LogP contribution in [-0.2, 0) is 0 Å². The lowest BCUT2D eigenvalue weighted by Gasteiger charge is -1.98. The molecule has 3 rings (SSSR count). The Balaban J connectivity index is 1.97. The zero-order valence-electron chi connectivity index (χ0n) is 9.43. The molecule has 1 aromatic carbocycles. The Labute approximate surface area is 103 Å². The van der Waals surface area contributed by atoms with Crippen molar-refractivity contribution in [2.75, 3.05) is 0 Å². The van der Waals surface area contributed by atoms with Crippen molar-refractivity contribution in [2.24, 2.45) is 0 Å². The van der Waals surface area contributed by atoms with Crippen molar-refractivity contribution in [2.45, 2.75) is 0 Å². The van der Waals surface area contributed by atoms with Gasteiger partial charge in [-0.3, -0.25) is 0 Å². The molecule has 0 saturated carbocycles. The zero-order chi connectivity index (χ0) is 12.4. The number of benzene rings is 1. The minimum Gasteiger partial charge on any atom is -0.506 e. The smallest absolute Gasteiger partial charge is 0.181 e. The summed E-state index contributed by atoms with van der Waals surface area (Å²) in [5.74, 6) is 1.38. The highest BCUT2D eigenvalue weighted by Gasteiger charge is 2.05. The summed E-state index contributed by atoms with van der Waals surface area (Å²) in [5, 5.41) is 13.5. The lowest BCUT2D eigenvalue weighted by atomic mass is 10.2. The molecule has 0 radical (unpaired) electrons. The van der Waals surface area contributed by atoms with E-state index in [0.717, 1.165) is 5.56 Å². The van der Waals surface area contributed by atoms with Crippen molar-refractivity contribution in [3.63, 3.8) is 0 Å². The molecule has 0 aliphatic rings. The Kier molecular flexibility index (Phi) is 2.49. The lowest BCUT2D eigenvalue weighted by Crippen LogP contribution is -1.97. The molecule has 5 nitrogen and oxygen atoms in total. The van der Waals surface area contributed by atoms with Gasteiger partial charge in [-0.05, 0) is 12.1 Å². The van der Waals surface area contributed by atoms with E-state index >= 15 is 0 Å². The van der Waals surface area contributed by atoms with Gasteiger partial charge in [-0.15, -0.1) is 5.10 Å². The van der Waals surface area contributed by atoms with Crippen molar-refractivity contribution in [3.05, 3.63) is 55.0 Å². The van der Waals surface area contributed by atoms with Crippen LogP contribution in [0, 0.1) is 0 Å². The molecule has 0 unspecified atom stereocenters. The molecule has 18 heavy (non-hydrogen) atoms. The summed E-state index contributed by atoms with van der Waals surface area (Å²) in [6, 6.07) is 13.0. The Hall–Kier alpha value is -2.69. The average Bonchev–Trinajstić information content (AvgIpc) is 2.90. The van der Waals surface area contributed by atoms with Crippen LogP contribution >= 0.6 is 0 Å². The van der Waals surface area contributed by atoms with E-state index < -0.39 is 0 Å². The fourth-order valence-corrected chi connectivity index (χ4v) is 1.61. The number of hydrogen-bond donors (Lipinski definition) is 1. The highest BCUT2D eigenvalue weighted by molar-refractivity contribution is 5.53. The molecule has 0 atom stereocenters. The van der Waals surface area contributed by atoms with Gasteiger partial charge in [-0.25, -0.2) is 14.6 Å². The molecule has 0 bridgehead atoms. The summed E-state index contributed by atoms with van der Waals surface area (Å²) in [4.78, 5) is 8.30. The molecule has 88 valence electrons. The first kappa shape index (κ1) is 10.5. The monoisotopic (exact) mass is 238 g/mol. The third kappa shape index (κ3) is 1.93. The van der Waals surface area contributed by atoms with Crippen LogP contribution in [0.2, 0.25) is 0 Å². The molecule has 0 aliphatic heterocycles. The van der Waals surface area contributed by atoms with Crippen LogP contribution in [-0.4, -0.2) is 24.9 Å². The highest BCUT2D eigenvalue weighted by atomic mass is 16.3. The molecule has 1 N–H and O–H groups in total. The second-order valence-electron chi connectivity index (χ2n) is 3.75. The summed E-state index contributed by atoms with van der Waals surface area (Å²) in [6.45, 7) is 0. The van der Waals surface area contributed by atoms with Gasteiger partial charge in [-0.2, -0.15) is 0 Å². The van der Waals surface area contributed by atoms with Gasteiger partial charge < -0.3 is 5.11 Å². The zero-order valence-corrected chi connectivity index (χ0v) is 9.43. The van der Waals surface area contributed by atoms with Crippen LogP contribution in [0.15, 0.2) is 55.0 Å². The molecular weight excluding hydrogens is 228 g/mol. The van der Waals surface area contributed by atoms with Crippen LogP contribution in [0.4, 0.5) is 0 Å². The summed E-state index contributed by atoms with van der Waals surface area (Å²) >= 11 is 0. The van der Waals surface area contributed by atoms with Gasteiger partial charge in [-0.1, -0.05) is 30.3 Å². The maximum absolute atomic E-state index is 9.18. The van der Waals surface area contributed by atoms with Gasteiger partial charge in [0.15, 0.2) is 11.6 Å². The number of pyridine rings is 1. The summed E-state index contributed by atoms with van der Waals surface area (Å²) in [6.07, 6.45) is 2.97. The molecule has 2 heterocycles. The fourth-order valence-electron chi connectivity index (χ4n) is 1.61. The largest absolute Gasteiger partial charge is 0.506 e. The van der Waals surface area contributed by atoms with E-state index in [2.05, 4.69) is 15.1 Å². The summed E-state index contributed by atoms with van der Waals surface area (Å²) in [7, 11) is 0. The van der Waals surface area contributed by atoms with Gasteiger partial charge in [0.1, 0.15) is 12.1 Å². The molecule has 3 aromatic rings. The quantitative estimate of drug-likeness (QED) is 0.742. The topological polar surface area (TPSA) is 63.8 Å². The van der Waals surface area contributed by atoms with E-state index in [4.69, 9.17) is 0 Å². The number of aromatic hydroxyl groups is 1. The highest BCUT2D eigenvalue weighted by Crippen LogP contribution is 2.15. The minimum atomic E-state index is 0.127. The van der Waals surface area contributed by atoms with Gasteiger partial charge in [0.25, 0.3) is 0 Å². The Bertz CT molecular complexity index is 646. The molecule has 0 aliphatic carbocycles. The van der Waals surface area contributed by atoms with E-state index in [0.29, 0.717) is 11.6 Å². The SMILES string of the molecule is Oc1ccc(-n2cnc(-c3ccccc3)n2)nc1. The summed E-state index contributed by atoms with van der Waals surface area (Å²) in [5.41, 5.74) is 0.954. The van der Waals surface area contributed by atoms with E-state index in [-0.39, 0.29) is 5.75 Å². The van der Waals surface area contributed by atoms with Crippen molar-refractivity contribution in [1.82, 2.24) is 19.7 Å². The number of rotatable bonds is 2. The lowest BCUT2D eigenvalue weighted by molar-refractivity contribution is 0.472. The molecule has 0 amide bonds. The third-order valence-corrected chi connectivity index (χ3v) is 2.49. The van der Waals surface area contributed by atoms with Crippen molar-refractivity contribution < 1.29 is 5.11 Å². The van der Waals surface area contributed by atoms with Crippen LogP contribution in [0.25, 0.3) is 17.2 Å². The first-order valence-electron chi connectivity index (χ1n) is 5.45. The van der Waals surface area contributed by atoms with Crippen LogP contribution < -0.4 is 0 Å².